The van der Waals surface area contributed by atoms with Crippen molar-refractivity contribution in [1.82, 2.24) is 30.8 Å². The van der Waals surface area contributed by atoms with E-state index in [4.69, 9.17) is 52.1 Å². The number of aromatic nitrogens is 3. The number of nitrogens with one attached hydrogen (secondary N) is 3. The van der Waals surface area contributed by atoms with Crippen molar-refractivity contribution in [3.05, 3.63) is 129 Å². The van der Waals surface area contributed by atoms with Crippen LogP contribution in [0.2, 0.25) is 10.0 Å². The maximum Gasteiger partial charge on any atom is 0.222 e. The summed E-state index contributed by atoms with van der Waals surface area (Å²) < 4.78 is 26.0. The third-order valence-corrected chi connectivity index (χ3v) is 11.6. The van der Waals surface area contributed by atoms with Crippen molar-refractivity contribution in [3.63, 3.8) is 0 Å². The molecule has 0 saturated carbocycles. The number of aryl methyl sites for hydroxylation is 1. The Balaban J connectivity index is 0.862. The number of hydrazone groups is 1. The number of anilines is 1. The fraction of sp³-hybridized carbons (Fsp3) is 0.354. The van der Waals surface area contributed by atoms with Crippen molar-refractivity contribution in [1.29, 1.82) is 0 Å². The van der Waals surface area contributed by atoms with E-state index in [1.54, 1.807) is 0 Å². The normalized spacial score (nSPS) is 17.1. The van der Waals surface area contributed by atoms with Crippen LogP contribution in [-0.4, -0.2) is 109 Å². The molecule has 3 aliphatic rings. The van der Waals surface area contributed by atoms with Crippen molar-refractivity contribution in [3.8, 4) is 17.2 Å². The Kier molecular flexibility index (Phi) is 14.9. The zero-order chi connectivity index (χ0) is 46.2. The molecule has 4 aromatic carbocycles. The molecule has 2 amide bonds. The smallest absolute Gasteiger partial charge is 0.222 e. The summed E-state index contributed by atoms with van der Waals surface area (Å²) in [6.07, 6.45) is 0.104. The Morgan fingerprint density at radius 3 is 1.73 bits per heavy atom. The summed E-state index contributed by atoms with van der Waals surface area (Å²) >= 11 is 12.5. The van der Waals surface area contributed by atoms with E-state index >= 15 is 0 Å². The summed E-state index contributed by atoms with van der Waals surface area (Å²) in [4.78, 5) is 38.0. The van der Waals surface area contributed by atoms with E-state index in [1.165, 1.54) is 0 Å². The monoisotopic (exact) mass is 934 g/mol. The van der Waals surface area contributed by atoms with Crippen molar-refractivity contribution in [2.75, 3.05) is 57.6 Å². The van der Waals surface area contributed by atoms with Crippen LogP contribution in [-0.2, 0) is 19.1 Å². The maximum atomic E-state index is 12.8. The molecule has 3 unspecified atom stereocenters. The Hall–Kier alpha value is -6.33. The summed E-state index contributed by atoms with van der Waals surface area (Å²) in [5, 5.41) is 20.4. The van der Waals surface area contributed by atoms with E-state index in [0.29, 0.717) is 103 Å². The van der Waals surface area contributed by atoms with Gasteiger partial charge < -0.3 is 34.5 Å². The molecule has 344 valence electrons. The topological polar surface area (TPSA) is 178 Å². The highest BCUT2D eigenvalue weighted by molar-refractivity contribution is 6.31. The number of hydrogen-bond acceptors (Lipinski definition) is 13. The van der Waals surface area contributed by atoms with Crippen molar-refractivity contribution >= 4 is 58.0 Å². The number of benzene rings is 4. The van der Waals surface area contributed by atoms with Crippen LogP contribution < -0.4 is 30.4 Å². The average molecular weight is 936 g/mol. The number of ether oxygens (including phenoxy) is 4. The van der Waals surface area contributed by atoms with Crippen LogP contribution in [0.15, 0.2) is 100 Å². The number of fused-ring (bicyclic) bond motifs is 6. The van der Waals surface area contributed by atoms with Gasteiger partial charge in [0.1, 0.15) is 48.8 Å². The number of halogens is 2. The van der Waals surface area contributed by atoms with E-state index in [0.717, 1.165) is 33.6 Å². The van der Waals surface area contributed by atoms with Crippen LogP contribution in [0.5, 0.6) is 11.5 Å². The number of amidine groups is 1. The maximum absolute atomic E-state index is 12.8. The van der Waals surface area contributed by atoms with Gasteiger partial charge in [-0.05, 0) is 88.4 Å². The van der Waals surface area contributed by atoms with Gasteiger partial charge in [0.15, 0.2) is 11.7 Å². The number of carbonyl (C=O) groups is 2. The van der Waals surface area contributed by atoms with Crippen LogP contribution >= 0.6 is 23.2 Å². The second-order valence-corrected chi connectivity index (χ2v) is 16.6. The molecule has 3 aliphatic heterocycles. The summed E-state index contributed by atoms with van der Waals surface area (Å²) in [6, 6.07) is 25.6. The first-order chi connectivity index (χ1) is 32.1. The molecule has 18 heteroatoms. The summed E-state index contributed by atoms with van der Waals surface area (Å²) in [7, 11) is 0. The lowest BCUT2D eigenvalue weighted by atomic mass is 9.99. The van der Waals surface area contributed by atoms with E-state index < -0.39 is 12.1 Å². The minimum absolute atomic E-state index is 0.103. The van der Waals surface area contributed by atoms with E-state index in [2.05, 4.69) is 36.3 Å². The Bertz CT molecular complexity index is 2640. The molecule has 66 heavy (non-hydrogen) atoms. The highest BCUT2D eigenvalue weighted by Gasteiger charge is 2.38. The predicted molar refractivity (Wildman–Crippen MR) is 255 cm³/mol. The zero-order valence-electron chi connectivity index (χ0n) is 37.2. The van der Waals surface area contributed by atoms with E-state index in [1.807, 2.05) is 117 Å². The first-order valence-corrected chi connectivity index (χ1v) is 22.8. The molecule has 5 aromatic rings. The lowest BCUT2D eigenvalue weighted by molar-refractivity contribution is -0.122. The molecule has 3 N–H and O–H groups in total. The highest BCUT2D eigenvalue weighted by Crippen LogP contribution is 2.37. The van der Waals surface area contributed by atoms with E-state index in [-0.39, 0.29) is 30.8 Å². The summed E-state index contributed by atoms with van der Waals surface area (Å²) in [5.41, 5.74) is 9.63. The van der Waals surface area contributed by atoms with Crippen LogP contribution in [0.1, 0.15) is 73.6 Å². The molecule has 16 nitrogen and oxygen atoms in total. The number of rotatable bonds is 19. The molecule has 0 spiro atoms. The van der Waals surface area contributed by atoms with Gasteiger partial charge in [0.2, 0.25) is 11.8 Å². The highest BCUT2D eigenvalue weighted by atomic mass is 35.5. The van der Waals surface area contributed by atoms with Crippen molar-refractivity contribution in [2.24, 2.45) is 15.1 Å². The van der Waals surface area contributed by atoms with Gasteiger partial charge in [-0.25, -0.2) is 0 Å². The van der Waals surface area contributed by atoms with Gasteiger partial charge in [0, 0.05) is 45.4 Å². The lowest BCUT2D eigenvalue weighted by Crippen LogP contribution is -2.43. The van der Waals surface area contributed by atoms with Gasteiger partial charge >= 0.3 is 0 Å². The summed E-state index contributed by atoms with van der Waals surface area (Å²) in [5.74, 6) is 2.99. The fourth-order valence-electron chi connectivity index (χ4n) is 8.09. The van der Waals surface area contributed by atoms with Gasteiger partial charge in [0.05, 0.1) is 62.1 Å². The third kappa shape index (κ3) is 10.5. The molecule has 0 radical (unpaired) electrons. The molecule has 8 rings (SSSR count). The van der Waals surface area contributed by atoms with Gasteiger partial charge in [-0.15, -0.1) is 10.2 Å². The standard InChI is InChI=1S/C48H52Cl2N10O6/c1-5-51-43(61)27-39-47-57-55-29(3)59(47)41-17-15-35(25-37(41)45(53-39)31-7-11-33(49)12-8-31)65-23-21-63-19-20-64-22-24-66-36-16-18-42-38(26-36)46(32-9-13-34(50)14-10-32)54-40(28-44(62)52-6-2)48-58-56-30(4)60(42)48/h7-18,25-26,29,39-40,55H,5-6,19-24,27-28H2,1-4H3,(H,51,61)(H,52,62). The molecular weight excluding hydrogens is 883 g/mol. The fourth-order valence-corrected chi connectivity index (χ4v) is 8.34. The van der Waals surface area contributed by atoms with Crippen molar-refractivity contribution < 1.29 is 28.5 Å². The Morgan fingerprint density at radius 2 is 1.17 bits per heavy atom. The van der Waals surface area contributed by atoms with Gasteiger partial charge in [-0.1, -0.05) is 47.5 Å². The quantitative estimate of drug-likeness (QED) is 0.0764. The molecule has 0 bridgehead atoms. The third-order valence-electron chi connectivity index (χ3n) is 11.1. The lowest BCUT2D eigenvalue weighted by Gasteiger charge is -2.27. The van der Waals surface area contributed by atoms with Crippen LogP contribution in [0.25, 0.3) is 5.69 Å². The molecule has 0 fully saturated rings. The minimum atomic E-state index is -0.572. The van der Waals surface area contributed by atoms with Crippen molar-refractivity contribution in [2.45, 2.75) is 58.8 Å². The van der Waals surface area contributed by atoms with Crippen LogP contribution in [0.4, 0.5) is 5.69 Å². The minimum Gasteiger partial charge on any atom is -0.491 e. The second kappa shape index (κ2) is 21.3. The number of hydrogen-bond donors (Lipinski definition) is 3. The van der Waals surface area contributed by atoms with Gasteiger partial charge in [0.25, 0.3) is 0 Å². The molecule has 1 aromatic heterocycles. The van der Waals surface area contributed by atoms with Crippen LogP contribution in [0, 0.1) is 6.92 Å². The molecular formula is C48H52Cl2N10O6. The van der Waals surface area contributed by atoms with Crippen LogP contribution in [0.3, 0.4) is 0 Å². The summed E-state index contributed by atoms with van der Waals surface area (Å²) in [6.45, 7) is 10.7. The first kappa shape index (κ1) is 46.2. The molecule has 4 heterocycles. The Labute approximate surface area is 393 Å². The Morgan fingerprint density at radius 1 is 0.667 bits per heavy atom. The second-order valence-electron chi connectivity index (χ2n) is 15.7. The predicted octanol–water partition coefficient (Wildman–Crippen LogP) is 6.61. The first-order valence-electron chi connectivity index (χ1n) is 22.1. The zero-order valence-corrected chi connectivity index (χ0v) is 38.7. The number of carbonyl (C=O) groups excluding carboxylic acids is 2. The molecule has 3 atom stereocenters. The number of amides is 2. The SMILES string of the molecule is CCNC(=O)CC1N=C(c2ccc(Cl)cc2)c2cc(OCCOCCOCCOc3ccc4c(c3)C(c3ccc(Cl)cc3)=NC(CC(=O)NCC)c3nnc(C)n3-4)ccc2N2C1=NNC2C. The molecule has 0 saturated heterocycles. The molecule has 0 aliphatic carbocycles. The number of aliphatic imine (C=N–C) groups is 2. The largest absolute Gasteiger partial charge is 0.491 e. The van der Waals surface area contributed by atoms with Gasteiger partial charge in [-0.3, -0.25) is 29.6 Å². The number of nitrogens with zero attached hydrogens (tertiary/aromatic N) is 7. The average Bonchev–Trinajstić information content (AvgIpc) is 3.81. The van der Waals surface area contributed by atoms with E-state index in [9.17, 15) is 9.59 Å². The van der Waals surface area contributed by atoms with Gasteiger partial charge in [-0.2, -0.15) is 5.10 Å².